The van der Waals surface area contributed by atoms with Crippen molar-refractivity contribution in [3.8, 4) is 5.75 Å². The zero-order valence-electron chi connectivity index (χ0n) is 16.6. The van der Waals surface area contributed by atoms with Crippen LogP contribution in [0.15, 0.2) is 24.3 Å². The first kappa shape index (κ1) is 19.1. The number of ether oxygens (including phenoxy) is 1. The molecule has 1 amide bonds. The molecule has 1 atom stereocenters. The number of hydrogen-bond donors (Lipinski definition) is 1. The average molecular weight is 368 g/mol. The summed E-state index contributed by atoms with van der Waals surface area (Å²) in [4.78, 5) is 24.0. The van der Waals surface area contributed by atoms with Gasteiger partial charge in [-0.25, -0.2) is 9.97 Å². The first-order valence-electron chi connectivity index (χ1n) is 9.60. The minimum Gasteiger partial charge on any atom is -0.495 e. The number of aryl methyl sites for hydroxylation is 2. The second kappa shape index (κ2) is 8.37. The first-order chi connectivity index (χ1) is 13.0. The predicted octanol–water partition coefficient (Wildman–Crippen LogP) is 4.25. The molecule has 144 valence electrons. The van der Waals surface area contributed by atoms with E-state index in [1.54, 1.807) is 13.2 Å². The van der Waals surface area contributed by atoms with E-state index in [0.717, 1.165) is 42.8 Å². The van der Waals surface area contributed by atoms with Crippen molar-refractivity contribution in [3.05, 3.63) is 41.2 Å². The summed E-state index contributed by atoms with van der Waals surface area (Å²) in [6, 6.07) is 7.93. The van der Waals surface area contributed by atoms with Crippen molar-refractivity contribution in [2.45, 2.75) is 52.5 Å². The summed E-state index contributed by atoms with van der Waals surface area (Å²) in [5.74, 6) is 1.11. The minimum atomic E-state index is -0.00805. The van der Waals surface area contributed by atoms with Gasteiger partial charge in [0.05, 0.1) is 12.8 Å². The Labute approximate surface area is 161 Å². The highest BCUT2D eigenvalue weighted by Gasteiger charge is 2.27. The number of nitrogens with one attached hydrogen (secondary N) is 1. The molecule has 2 aromatic rings. The van der Waals surface area contributed by atoms with Crippen LogP contribution in [0.5, 0.6) is 5.75 Å². The molecule has 1 aromatic heterocycles. The largest absolute Gasteiger partial charge is 0.495 e. The van der Waals surface area contributed by atoms with E-state index < -0.39 is 0 Å². The molecule has 0 bridgehead atoms. The molecular weight excluding hydrogens is 340 g/mol. The van der Waals surface area contributed by atoms with Gasteiger partial charge in [0, 0.05) is 18.3 Å². The van der Waals surface area contributed by atoms with Crippen LogP contribution in [-0.4, -0.2) is 40.5 Å². The van der Waals surface area contributed by atoms with Crippen molar-refractivity contribution in [2.24, 2.45) is 0 Å². The van der Waals surface area contributed by atoms with E-state index in [0.29, 0.717) is 23.4 Å². The average Bonchev–Trinajstić information content (AvgIpc) is 2.67. The van der Waals surface area contributed by atoms with Crippen molar-refractivity contribution in [1.82, 2.24) is 14.9 Å². The fraction of sp³-hybridized carbons (Fsp3) is 0.476. The van der Waals surface area contributed by atoms with Crippen molar-refractivity contribution in [1.29, 1.82) is 0 Å². The van der Waals surface area contributed by atoms with Crippen LogP contribution >= 0.6 is 0 Å². The number of carbonyl (C=O) groups is 1. The molecule has 0 saturated carbocycles. The van der Waals surface area contributed by atoms with Gasteiger partial charge in [0.2, 0.25) is 5.95 Å². The summed E-state index contributed by atoms with van der Waals surface area (Å²) in [6.07, 6.45) is 4.28. The molecule has 0 aliphatic carbocycles. The molecule has 1 unspecified atom stereocenters. The van der Waals surface area contributed by atoms with E-state index in [-0.39, 0.29) is 5.91 Å². The lowest BCUT2D eigenvalue weighted by Crippen LogP contribution is -2.43. The highest BCUT2D eigenvalue weighted by atomic mass is 16.5. The Morgan fingerprint density at radius 3 is 2.81 bits per heavy atom. The SMILES string of the molecule is CCC1CCCCN1C(=O)c1cc(C)nc(Nc2cc(C)ccc2OC)n1. The molecule has 0 spiro atoms. The summed E-state index contributed by atoms with van der Waals surface area (Å²) in [6.45, 7) is 6.83. The summed E-state index contributed by atoms with van der Waals surface area (Å²) < 4.78 is 5.41. The Kier molecular flexibility index (Phi) is 5.94. The van der Waals surface area contributed by atoms with Gasteiger partial charge in [0.1, 0.15) is 11.4 Å². The van der Waals surface area contributed by atoms with E-state index in [4.69, 9.17) is 4.74 Å². The molecule has 1 fully saturated rings. The van der Waals surface area contributed by atoms with Gasteiger partial charge in [-0.15, -0.1) is 0 Å². The van der Waals surface area contributed by atoms with Gasteiger partial charge in [-0.2, -0.15) is 0 Å². The Balaban J connectivity index is 1.88. The maximum absolute atomic E-state index is 13.1. The number of benzene rings is 1. The van der Waals surface area contributed by atoms with Crippen LogP contribution in [0.1, 0.15) is 54.4 Å². The third-order valence-corrected chi connectivity index (χ3v) is 5.03. The first-order valence-corrected chi connectivity index (χ1v) is 9.60. The summed E-state index contributed by atoms with van der Waals surface area (Å²) in [7, 11) is 1.63. The highest BCUT2D eigenvalue weighted by Crippen LogP contribution is 2.28. The van der Waals surface area contributed by atoms with Crippen LogP contribution in [0, 0.1) is 13.8 Å². The lowest BCUT2D eigenvalue weighted by molar-refractivity contribution is 0.0602. The molecule has 2 heterocycles. The number of amides is 1. The van der Waals surface area contributed by atoms with Gasteiger partial charge >= 0.3 is 0 Å². The Morgan fingerprint density at radius 1 is 1.26 bits per heavy atom. The van der Waals surface area contributed by atoms with Gasteiger partial charge in [-0.1, -0.05) is 13.0 Å². The van der Waals surface area contributed by atoms with Crippen LogP contribution < -0.4 is 10.1 Å². The molecule has 1 aliphatic rings. The van der Waals surface area contributed by atoms with Crippen molar-refractivity contribution < 1.29 is 9.53 Å². The van der Waals surface area contributed by atoms with E-state index in [9.17, 15) is 4.79 Å². The van der Waals surface area contributed by atoms with Crippen LogP contribution in [0.4, 0.5) is 11.6 Å². The number of methoxy groups -OCH3 is 1. The van der Waals surface area contributed by atoms with Crippen LogP contribution in [0.2, 0.25) is 0 Å². The summed E-state index contributed by atoms with van der Waals surface area (Å²) in [5.41, 5.74) is 3.08. The third kappa shape index (κ3) is 4.38. The lowest BCUT2D eigenvalue weighted by Gasteiger charge is -2.35. The number of carbonyl (C=O) groups excluding carboxylic acids is 1. The van der Waals surface area contributed by atoms with E-state index in [2.05, 4.69) is 22.2 Å². The highest BCUT2D eigenvalue weighted by molar-refractivity contribution is 5.93. The molecule has 0 radical (unpaired) electrons. The zero-order chi connectivity index (χ0) is 19.4. The lowest BCUT2D eigenvalue weighted by atomic mass is 9.99. The van der Waals surface area contributed by atoms with Gasteiger partial charge in [0.15, 0.2) is 0 Å². The Bertz CT molecular complexity index is 822. The third-order valence-electron chi connectivity index (χ3n) is 5.03. The maximum atomic E-state index is 13.1. The molecule has 1 N–H and O–H groups in total. The number of rotatable bonds is 5. The molecule has 6 heteroatoms. The van der Waals surface area contributed by atoms with E-state index in [1.807, 2.05) is 36.9 Å². The summed E-state index contributed by atoms with van der Waals surface area (Å²) in [5, 5.41) is 3.21. The number of hydrogen-bond acceptors (Lipinski definition) is 5. The molecule has 1 saturated heterocycles. The quantitative estimate of drug-likeness (QED) is 0.854. The number of nitrogens with zero attached hydrogens (tertiary/aromatic N) is 3. The van der Waals surface area contributed by atoms with Gasteiger partial charge in [-0.3, -0.25) is 4.79 Å². The second-order valence-electron chi connectivity index (χ2n) is 7.10. The standard InChI is InChI=1S/C21H28N4O2/c1-5-16-8-6-7-11-25(16)20(26)18-13-15(3)22-21(24-18)23-17-12-14(2)9-10-19(17)27-4/h9-10,12-13,16H,5-8,11H2,1-4H3,(H,22,23,24). The minimum absolute atomic E-state index is 0.00805. The van der Waals surface area contributed by atoms with Crippen LogP contribution in [-0.2, 0) is 0 Å². The zero-order valence-corrected chi connectivity index (χ0v) is 16.6. The van der Waals surface area contributed by atoms with Gasteiger partial charge < -0.3 is 15.0 Å². The second-order valence-corrected chi connectivity index (χ2v) is 7.10. The maximum Gasteiger partial charge on any atom is 0.272 e. The monoisotopic (exact) mass is 368 g/mol. The normalized spacial score (nSPS) is 16.9. The molecule has 27 heavy (non-hydrogen) atoms. The molecule has 6 nitrogen and oxygen atoms in total. The Morgan fingerprint density at radius 2 is 2.07 bits per heavy atom. The van der Waals surface area contributed by atoms with Crippen LogP contribution in [0.25, 0.3) is 0 Å². The molecular formula is C21H28N4O2. The van der Waals surface area contributed by atoms with Gasteiger partial charge in [0.25, 0.3) is 5.91 Å². The van der Waals surface area contributed by atoms with Crippen molar-refractivity contribution >= 4 is 17.5 Å². The van der Waals surface area contributed by atoms with Gasteiger partial charge in [-0.05, 0) is 63.3 Å². The number of piperidine rings is 1. The fourth-order valence-corrected chi connectivity index (χ4v) is 3.61. The van der Waals surface area contributed by atoms with E-state index in [1.165, 1.54) is 6.42 Å². The smallest absolute Gasteiger partial charge is 0.272 e. The van der Waals surface area contributed by atoms with E-state index >= 15 is 0 Å². The number of likely N-dealkylation sites (tertiary alicyclic amines) is 1. The fourth-order valence-electron chi connectivity index (χ4n) is 3.61. The Hall–Kier alpha value is -2.63. The number of anilines is 2. The van der Waals surface area contributed by atoms with Crippen molar-refractivity contribution in [3.63, 3.8) is 0 Å². The molecule has 3 rings (SSSR count). The van der Waals surface area contributed by atoms with Crippen molar-refractivity contribution in [2.75, 3.05) is 19.0 Å². The molecule has 1 aliphatic heterocycles. The van der Waals surface area contributed by atoms with Crippen LogP contribution in [0.3, 0.4) is 0 Å². The molecule has 1 aromatic carbocycles. The number of aromatic nitrogens is 2. The topological polar surface area (TPSA) is 67.4 Å². The predicted molar refractivity (Wildman–Crippen MR) is 107 cm³/mol. The summed E-state index contributed by atoms with van der Waals surface area (Å²) >= 11 is 0.